The van der Waals surface area contributed by atoms with Crippen molar-refractivity contribution in [2.45, 2.75) is 51.0 Å². The third-order valence-electron chi connectivity index (χ3n) is 4.42. The third kappa shape index (κ3) is 2.44. The molecular weight excluding hydrogens is 282 g/mol. The summed E-state index contributed by atoms with van der Waals surface area (Å²) in [5.41, 5.74) is 1.84. The highest BCUT2D eigenvalue weighted by molar-refractivity contribution is 5.55. The van der Waals surface area contributed by atoms with Crippen LogP contribution in [-0.2, 0) is 16.0 Å². The van der Waals surface area contributed by atoms with Crippen LogP contribution >= 0.6 is 0 Å². The normalized spacial score (nSPS) is 23.3. The quantitative estimate of drug-likeness (QED) is 0.859. The molecule has 2 aliphatic rings. The number of hydrogen-bond donors (Lipinski definition) is 0. The Bertz CT molecular complexity index is 658. The van der Waals surface area contributed by atoms with Crippen LogP contribution in [0.4, 0.5) is 0 Å². The van der Waals surface area contributed by atoms with Crippen molar-refractivity contribution in [1.29, 1.82) is 0 Å². The Kier molecular flexibility index (Phi) is 3.27. The lowest BCUT2D eigenvalue weighted by atomic mass is 9.98. The zero-order valence-electron chi connectivity index (χ0n) is 13.0. The van der Waals surface area contributed by atoms with E-state index in [-0.39, 0.29) is 11.7 Å². The van der Waals surface area contributed by atoms with Gasteiger partial charge in [0.1, 0.15) is 11.3 Å². The maximum Gasteiger partial charge on any atom is 0.116 e. The fraction of sp³-hybridized carbons (Fsp3) is 0.667. The Morgan fingerprint density at radius 3 is 2.86 bits per heavy atom. The molecule has 7 nitrogen and oxygen atoms in total. The molecule has 2 aromatic rings. The van der Waals surface area contributed by atoms with Crippen LogP contribution in [0.3, 0.4) is 0 Å². The minimum atomic E-state index is -0.00746. The fourth-order valence-corrected chi connectivity index (χ4v) is 3.05. The first-order valence-corrected chi connectivity index (χ1v) is 7.84. The Labute approximate surface area is 129 Å². The zero-order chi connectivity index (χ0) is 15.2. The van der Waals surface area contributed by atoms with Gasteiger partial charge in [0.2, 0.25) is 0 Å². The first kappa shape index (κ1) is 13.9. The summed E-state index contributed by atoms with van der Waals surface area (Å²) in [4.78, 5) is 0. The minimum absolute atomic E-state index is 0.00746. The van der Waals surface area contributed by atoms with Gasteiger partial charge in [0, 0.05) is 17.8 Å². The molecule has 1 unspecified atom stereocenters. The molecule has 1 spiro atoms. The lowest BCUT2D eigenvalue weighted by molar-refractivity contribution is -0.201. The smallest absolute Gasteiger partial charge is 0.116 e. The van der Waals surface area contributed by atoms with Gasteiger partial charge in [0.15, 0.2) is 0 Å². The molecule has 2 saturated heterocycles. The molecule has 118 valence electrons. The van der Waals surface area contributed by atoms with Gasteiger partial charge in [-0.05, 0) is 26.7 Å². The second-order valence-electron chi connectivity index (χ2n) is 6.58. The molecule has 0 bridgehead atoms. The number of rotatable bonds is 4. The van der Waals surface area contributed by atoms with Crippen LogP contribution in [0.5, 0.6) is 0 Å². The predicted octanol–water partition coefficient (Wildman–Crippen LogP) is 1.67. The van der Waals surface area contributed by atoms with Crippen molar-refractivity contribution >= 4 is 0 Å². The number of nitrogens with zero attached hydrogens (tertiary/aromatic N) is 5. The average Bonchev–Trinajstić information content (AvgIpc) is 3.16. The van der Waals surface area contributed by atoms with E-state index in [1.54, 1.807) is 0 Å². The van der Waals surface area contributed by atoms with Crippen molar-refractivity contribution in [1.82, 2.24) is 24.8 Å². The second kappa shape index (κ2) is 5.17. The van der Waals surface area contributed by atoms with E-state index < -0.39 is 0 Å². The average molecular weight is 303 g/mol. The van der Waals surface area contributed by atoms with E-state index in [2.05, 4.69) is 29.3 Å². The lowest BCUT2D eigenvalue weighted by Crippen LogP contribution is -2.49. The van der Waals surface area contributed by atoms with Gasteiger partial charge in [-0.15, -0.1) is 5.10 Å². The zero-order valence-corrected chi connectivity index (χ0v) is 13.0. The molecular formula is C15H21N5O2. The van der Waals surface area contributed by atoms with E-state index in [0.717, 1.165) is 43.9 Å². The molecule has 0 aromatic carbocycles. The fourth-order valence-electron chi connectivity index (χ4n) is 3.05. The monoisotopic (exact) mass is 303 g/mol. The van der Waals surface area contributed by atoms with Gasteiger partial charge < -0.3 is 9.47 Å². The molecule has 0 radical (unpaired) electrons. The molecule has 0 amide bonds. The van der Waals surface area contributed by atoms with Gasteiger partial charge in [0.25, 0.3) is 0 Å². The van der Waals surface area contributed by atoms with Crippen molar-refractivity contribution in [2.24, 2.45) is 0 Å². The van der Waals surface area contributed by atoms with Gasteiger partial charge in [-0.2, -0.15) is 5.10 Å². The number of aromatic nitrogens is 5. The van der Waals surface area contributed by atoms with Crippen molar-refractivity contribution in [2.75, 3.05) is 13.2 Å². The molecule has 22 heavy (non-hydrogen) atoms. The van der Waals surface area contributed by atoms with Gasteiger partial charge in [-0.3, -0.25) is 4.68 Å². The van der Waals surface area contributed by atoms with Crippen molar-refractivity contribution in [3.8, 4) is 11.3 Å². The first-order valence-electron chi connectivity index (χ1n) is 7.84. The summed E-state index contributed by atoms with van der Waals surface area (Å²) in [6.07, 6.45) is 8.15. The minimum Gasteiger partial charge on any atom is -0.375 e. The van der Waals surface area contributed by atoms with Crippen LogP contribution in [-0.4, -0.2) is 49.7 Å². The highest BCUT2D eigenvalue weighted by Crippen LogP contribution is 2.36. The molecule has 1 atom stereocenters. The maximum absolute atomic E-state index is 6.11. The van der Waals surface area contributed by atoms with E-state index in [9.17, 15) is 0 Å². The van der Waals surface area contributed by atoms with Gasteiger partial charge >= 0.3 is 0 Å². The van der Waals surface area contributed by atoms with E-state index >= 15 is 0 Å². The highest BCUT2D eigenvalue weighted by atomic mass is 16.6. The summed E-state index contributed by atoms with van der Waals surface area (Å²) in [6.45, 7) is 6.42. The molecule has 0 N–H and O–H groups in total. The van der Waals surface area contributed by atoms with Crippen LogP contribution in [0, 0.1) is 0 Å². The van der Waals surface area contributed by atoms with Crippen molar-refractivity contribution in [3.05, 3.63) is 18.6 Å². The molecule has 2 fully saturated rings. The van der Waals surface area contributed by atoms with Crippen LogP contribution in [0.1, 0.15) is 32.7 Å². The molecule has 4 rings (SSSR count). The summed E-state index contributed by atoms with van der Waals surface area (Å²) in [6, 6.07) is 0.344. The van der Waals surface area contributed by atoms with Gasteiger partial charge in [0.05, 0.1) is 38.3 Å². The topological polar surface area (TPSA) is 67.0 Å². The number of ether oxygens (including phenoxy) is 2. The van der Waals surface area contributed by atoms with E-state index in [1.807, 2.05) is 28.0 Å². The molecule has 7 heteroatoms. The second-order valence-corrected chi connectivity index (χ2v) is 6.58. The number of hydrogen-bond acceptors (Lipinski definition) is 5. The van der Waals surface area contributed by atoms with Crippen molar-refractivity contribution < 1.29 is 9.47 Å². The summed E-state index contributed by atoms with van der Waals surface area (Å²) in [5, 5.41) is 12.8. The third-order valence-corrected chi connectivity index (χ3v) is 4.42. The highest BCUT2D eigenvalue weighted by Gasteiger charge is 2.46. The van der Waals surface area contributed by atoms with E-state index in [4.69, 9.17) is 9.47 Å². The summed E-state index contributed by atoms with van der Waals surface area (Å²) in [7, 11) is 0. The van der Waals surface area contributed by atoms with Crippen LogP contribution in [0.25, 0.3) is 11.3 Å². The standard InChI is InChI=1S/C15H21N5O2/c1-11(2)20-6-12(5-16-20)14-8-19(18-17-14)7-13-3-4-15(22-13)9-21-10-15/h5-6,8,11,13H,3-4,7,9-10H2,1-2H3. The Hall–Kier alpha value is -1.73. The van der Waals surface area contributed by atoms with Crippen LogP contribution in [0.2, 0.25) is 0 Å². The summed E-state index contributed by atoms with van der Waals surface area (Å²) >= 11 is 0. The largest absolute Gasteiger partial charge is 0.375 e. The SMILES string of the molecule is CC(C)n1cc(-c2cn(CC3CCC4(COC4)O3)nn2)cn1. The summed E-state index contributed by atoms with van der Waals surface area (Å²) < 4.78 is 15.2. The Morgan fingerprint density at radius 1 is 1.36 bits per heavy atom. The molecule has 2 aliphatic heterocycles. The molecule has 2 aromatic heterocycles. The Morgan fingerprint density at radius 2 is 2.23 bits per heavy atom. The summed E-state index contributed by atoms with van der Waals surface area (Å²) in [5.74, 6) is 0. The predicted molar refractivity (Wildman–Crippen MR) is 79.3 cm³/mol. The first-order chi connectivity index (χ1) is 10.6. The van der Waals surface area contributed by atoms with E-state index in [0.29, 0.717) is 6.04 Å². The van der Waals surface area contributed by atoms with Crippen molar-refractivity contribution in [3.63, 3.8) is 0 Å². The molecule has 0 aliphatic carbocycles. The Balaban J connectivity index is 1.43. The molecule has 0 saturated carbocycles. The lowest BCUT2D eigenvalue weighted by Gasteiger charge is -2.37. The van der Waals surface area contributed by atoms with Gasteiger partial charge in [-0.25, -0.2) is 4.68 Å². The van der Waals surface area contributed by atoms with E-state index in [1.165, 1.54) is 0 Å². The maximum atomic E-state index is 6.11. The molecule has 4 heterocycles. The van der Waals surface area contributed by atoms with Crippen LogP contribution < -0.4 is 0 Å². The van der Waals surface area contributed by atoms with Gasteiger partial charge in [-0.1, -0.05) is 5.21 Å². The van der Waals surface area contributed by atoms with Crippen LogP contribution in [0.15, 0.2) is 18.6 Å².